The molecule has 0 aromatic carbocycles. The Labute approximate surface area is 121 Å². The lowest BCUT2D eigenvalue weighted by Gasteiger charge is -2.32. The third kappa shape index (κ3) is 6.76. The van der Waals surface area contributed by atoms with Crippen molar-refractivity contribution in [3.63, 3.8) is 0 Å². The minimum atomic E-state index is 0.396. The molecule has 114 valence electrons. The van der Waals surface area contributed by atoms with E-state index >= 15 is 0 Å². The maximum absolute atomic E-state index is 3.58. The van der Waals surface area contributed by atoms with Crippen LogP contribution in [0.15, 0.2) is 0 Å². The minimum Gasteiger partial charge on any atom is -0.316 e. The molecule has 1 aliphatic rings. The molecule has 0 spiro atoms. The predicted molar refractivity (Wildman–Crippen MR) is 85.6 cm³/mol. The first-order chi connectivity index (χ1) is 8.94. The highest BCUT2D eigenvalue weighted by Gasteiger charge is 2.24. The van der Waals surface area contributed by atoms with E-state index in [1.165, 1.54) is 45.3 Å². The largest absolute Gasteiger partial charge is 0.316 e. The summed E-state index contributed by atoms with van der Waals surface area (Å²) in [5.74, 6) is 1.81. The van der Waals surface area contributed by atoms with Gasteiger partial charge in [0.05, 0.1) is 0 Å². The van der Waals surface area contributed by atoms with Crippen LogP contribution in [0.4, 0.5) is 0 Å². The second-order valence-electron chi connectivity index (χ2n) is 7.55. The van der Waals surface area contributed by atoms with Gasteiger partial charge >= 0.3 is 0 Å². The van der Waals surface area contributed by atoms with Crippen LogP contribution in [0.1, 0.15) is 60.3 Å². The lowest BCUT2D eigenvalue weighted by Crippen LogP contribution is -2.41. The van der Waals surface area contributed by atoms with Gasteiger partial charge in [-0.15, -0.1) is 0 Å². The molecule has 0 saturated carbocycles. The van der Waals surface area contributed by atoms with E-state index in [0.29, 0.717) is 5.41 Å². The van der Waals surface area contributed by atoms with Gasteiger partial charge in [0.1, 0.15) is 0 Å². The molecule has 0 radical (unpaired) electrons. The van der Waals surface area contributed by atoms with Crippen LogP contribution in [0, 0.1) is 17.3 Å². The van der Waals surface area contributed by atoms with Gasteiger partial charge < -0.3 is 10.2 Å². The van der Waals surface area contributed by atoms with Crippen molar-refractivity contribution >= 4 is 0 Å². The van der Waals surface area contributed by atoms with E-state index in [4.69, 9.17) is 0 Å². The van der Waals surface area contributed by atoms with Crippen LogP contribution < -0.4 is 5.32 Å². The zero-order chi connectivity index (χ0) is 14.3. The summed E-state index contributed by atoms with van der Waals surface area (Å²) in [6, 6.07) is 0. The Morgan fingerprint density at radius 2 is 1.95 bits per heavy atom. The highest BCUT2D eigenvalue weighted by Crippen LogP contribution is 2.26. The monoisotopic (exact) mass is 268 g/mol. The summed E-state index contributed by atoms with van der Waals surface area (Å²) >= 11 is 0. The predicted octanol–water partition coefficient (Wildman–Crippen LogP) is 3.77. The average Bonchev–Trinajstić information content (AvgIpc) is 2.54. The van der Waals surface area contributed by atoms with Gasteiger partial charge in [0.2, 0.25) is 0 Å². The topological polar surface area (TPSA) is 15.3 Å². The van der Waals surface area contributed by atoms with Crippen LogP contribution in [-0.2, 0) is 0 Å². The number of rotatable bonds is 7. The fourth-order valence-corrected chi connectivity index (χ4v) is 3.27. The van der Waals surface area contributed by atoms with Crippen molar-refractivity contribution in [2.75, 3.05) is 32.7 Å². The summed E-state index contributed by atoms with van der Waals surface area (Å²) in [5.41, 5.74) is 0.396. The van der Waals surface area contributed by atoms with Crippen LogP contribution in [0.5, 0.6) is 0 Å². The molecule has 19 heavy (non-hydrogen) atoms. The lowest BCUT2D eigenvalue weighted by atomic mass is 9.89. The maximum atomic E-state index is 3.58. The Balaban J connectivity index is 2.35. The standard InChI is InChI=1S/C17H36N2/c1-6-10-18-13-17(4,5)14-19-11-7-8-16(9-12-19)15(2)3/h15-16,18H,6-14H2,1-5H3. The van der Waals surface area contributed by atoms with Gasteiger partial charge in [0.15, 0.2) is 0 Å². The molecule has 1 rings (SSSR count). The average molecular weight is 268 g/mol. The number of likely N-dealkylation sites (tertiary alicyclic amines) is 1. The Morgan fingerprint density at radius 3 is 2.58 bits per heavy atom. The number of nitrogens with one attached hydrogen (secondary N) is 1. The summed E-state index contributed by atoms with van der Waals surface area (Å²) in [5, 5.41) is 3.58. The first-order valence-electron chi connectivity index (χ1n) is 8.37. The molecule has 0 aliphatic carbocycles. The Hall–Kier alpha value is -0.0800. The van der Waals surface area contributed by atoms with E-state index in [2.05, 4.69) is 44.8 Å². The molecule has 1 fully saturated rings. The van der Waals surface area contributed by atoms with E-state index in [0.717, 1.165) is 24.9 Å². The van der Waals surface area contributed by atoms with Crippen LogP contribution in [0.3, 0.4) is 0 Å². The SMILES string of the molecule is CCCNCC(C)(C)CN1CCCC(C(C)C)CC1. The summed E-state index contributed by atoms with van der Waals surface area (Å²) in [6.45, 7) is 18.0. The zero-order valence-corrected chi connectivity index (χ0v) is 14.0. The molecule has 1 unspecified atom stereocenters. The van der Waals surface area contributed by atoms with Gasteiger partial charge in [-0.3, -0.25) is 0 Å². The van der Waals surface area contributed by atoms with Crippen molar-refractivity contribution in [1.29, 1.82) is 0 Å². The highest BCUT2D eigenvalue weighted by molar-refractivity contribution is 4.79. The molecular weight excluding hydrogens is 232 g/mol. The highest BCUT2D eigenvalue weighted by atomic mass is 15.1. The number of hydrogen-bond acceptors (Lipinski definition) is 2. The normalized spacial score (nSPS) is 22.7. The number of nitrogens with zero attached hydrogens (tertiary/aromatic N) is 1. The van der Waals surface area contributed by atoms with Gasteiger partial charge in [-0.2, -0.15) is 0 Å². The molecule has 1 N–H and O–H groups in total. The van der Waals surface area contributed by atoms with Crippen LogP contribution in [0.25, 0.3) is 0 Å². The molecule has 2 nitrogen and oxygen atoms in total. The molecule has 1 atom stereocenters. The van der Waals surface area contributed by atoms with Crippen LogP contribution in [0.2, 0.25) is 0 Å². The van der Waals surface area contributed by atoms with Gasteiger partial charge in [0.25, 0.3) is 0 Å². The molecule has 1 aliphatic heterocycles. The lowest BCUT2D eigenvalue weighted by molar-refractivity contribution is 0.176. The molecule has 0 aromatic rings. The van der Waals surface area contributed by atoms with Crippen molar-refractivity contribution in [1.82, 2.24) is 10.2 Å². The quantitative estimate of drug-likeness (QED) is 0.707. The van der Waals surface area contributed by atoms with Gasteiger partial charge in [0, 0.05) is 13.1 Å². The van der Waals surface area contributed by atoms with E-state index in [1.807, 2.05) is 0 Å². The molecular formula is C17H36N2. The molecule has 1 heterocycles. The zero-order valence-electron chi connectivity index (χ0n) is 14.0. The summed E-state index contributed by atoms with van der Waals surface area (Å²) in [4.78, 5) is 2.70. The molecule has 0 bridgehead atoms. The second kappa shape index (κ2) is 8.26. The van der Waals surface area contributed by atoms with E-state index in [-0.39, 0.29) is 0 Å². The summed E-state index contributed by atoms with van der Waals surface area (Å²) in [6.07, 6.45) is 5.45. The summed E-state index contributed by atoms with van der Waals surface area (Å²) < 4.78 is 0. The van der Waals surface area contributed by atoms with Crippen LogP contribution in [-0.4, -0.2) is 37.6 Å². The fraction of sp³-hybridized carbons (Fsp3) is 1.00. The molecule has 0 aromatic heterocycles. The van der Waals surface area contributed by atoms with Gasteiger partial charge in [-0.05, 0) is 62.6 Å². The van der Waals surface area contributed by atoms with E-state index in [9.17, 15) is 0 Å². The first-order valence-corrected chi connectivity index (χ1v) is 8.37. The third-order valence-electron chi connectivity index (χ3n) is 4.49. The third-order valence-corrected chi connectivity index (χ3v) is 4.49. The van der Waals surface area contributed by atoms with Gasteiger partial charge in [-0.1, -0.05) is 34.6 Å². The van der Waals surface area contributed by atoms with Crippen LogP contribution >= 0.6 is 0 Å². The second-order valence-corrected chi connectivity index (χ2v) is 7.55. The molecule has 1 saturated heterocycles. The number of hydrogen-bond donors (Lipinski definition) is 1. The van der Waals surface area contributed by atoms with Crippen molar-refractivity contribution in [2.24, 2.45) is 17.3 Å². The maximum Gasteiger partial charge on any atom is 0.00448 e. The molecule has 0 amide bonds. The Morgan fingerprint density at radius 1 is 1.21 bits per heavy atom. The minimum absolute atomic E-state index is 0.396. The first kappa shape index (κ1) is 17.0. The van der Waals surface area contributed by atoms with Gasteiger partial charge in [-0.25, -0.2) is 0 Å². The Bertz CT molecular complexity index is 235. The van der Waals surface area contributed by atoms with Crippen molar-refractivity contribution < 1.29 is 0 Å². The Kier molecular flexibility index (Phi) is 7.38. The smallest absolute Gasteiger partial charge is 0.00448 e. The van der Waals surface area contributed by atoms with Crippen molar-refractivity contribution in [3.05, 3.63) is 0 Å². The van der Waals surface area contributed by atoms with E-state index in [1.54, 1.807) is 0 Å². The van der Waals surface area contributed by atoms with Crippen molar-refractivity contribution in [3.8, 4) is 0 Å². The molecule has 2 heteroatoms. The van der Waals surface area contributed by atoms with E-state index < -0.39 is 0 Å². The fourth-order valence-electron chi connectivity index (χ4n) is 3.27. The summed E-state index contributed by atoms with van der Waals surface area (Å²) in [7, 11) is 0. The van der Waals surface area contributed by atoms with Crippen molar-refractivity contribution in [2.45, 2.75) is 60.3 Å².